The first-order chi connectivity index (χ1) is 17.4. The zero-order chi connectivity index (χ0) is 27.2. The average Bonchev–Trinajstić information content (AvgIpc) is 3.55. The van der Waals surface area contributed by atoms with Crippen molar-refractivity contribution in [1.82, 2.24) is 26.3 Å². The Morgan fingerprint density at radius 2 is 1.86 bits per heavy atom. The van der Waals surface area contributed by atoms with Gasteiger partial charge in [-0.2, -0.15) is 0 Å². The van der Waals surface area contributed by atoms with Crippen LogP contribution in [0.15, 0.2) is 24.4 Å². The molecule has 2 unspecified atom stereocenters. The molecule has 4 N–H and O–H groups in total. The first-order valence-electron chi connectivity index (χ1n) is 12.4. The van der Waals surface area contributed by atoms with E-state index in [-0.39, 0.29) is 30.2 Å². The molecule has 1 aliphatic heterocycles. The van der Waals surface area contributed by atoms with Gasteiger partial charge in [-0.25, -0.2) is 4.39 Å². The van der Waals surface area contributed by atoms with Gasteiger partial charge in [0.1, 0.15) is 11.9 Å². The fraction of sp³-hybridized carbons (Fsp3) is 0.538. The van der Waals surface area contributed by atoms with Crippen molar-refractivity contribution in [2.45, 2.75) is 71.0 Å². The molecule has 200 valence electrons. The third-order valence-corrected chi connectivity index (χ3v) is 6.06. The van der Waals surface area contributed by atoms with E-state index in [1.54, 1.807) is 0 Å². The predicted octanol–water partition coefficient (Wildman–Crippen LogP) is 1.01. The van der Waals surface area contributed by atoms with Crippen LogP contribution in [0.5, 0.6) is 0 Å². The number of Topliss-reactive ketones (excluding diaryl/α,β-unsaturated/α-hetero) is 1. The zero-order valence-electron chi connectivity index (χ0n) is 21.3. The van der Waals surface area contributed by atoms with Crippen molar-refractivity contribution in [3.63, 3.8) is 0 Å². The van der Waals surface area contributed by atoms with Crippen molar-refractivity contribution < 1.29 is 28.4 Å². The molecule has 0 radical (unpaired) electrons. The number of rotatable bonds is 11. The highest BCUT2D eigenvalue weighted by molar-refractivity contribution is 6.38. The van der Waals surface area contributed by atoms with Crippen LogP contribution in [-0.2, 0) is 24.0 Å². The Kier molecular flexibility index (Phi) is 9.12. The highest BCUT2D eigenvalue weighted by Gasteiger charge is 2.37. The Bertz CT molecular complexity index is 1060. The molecule has 3 atom stereocenters. The summed E-state index contributed by atoms with van der Waals surface area (Å²) in [6.07, 6.45) is 5.89. The van der Waals surface area contributed by atoms with Crippen LogP contribution in [0.2, 0.25) is 0 Å². The molecular weight excluding hydrogens is 481 g/mol. The maximum atomic E-state index is 13.3. The van der Waals surface area contributed by atoms with E-state index in [1.807, 2.05) is 20.8 Å². The SMILES string of the molecule is CC(C)(C)CC(NC(=O)/C=C/c1ccc(F)cn1)C(=O)NC(C[C@@H]1CCNC1=O)C(=O)C(=O)NC1CC1. The molecule has 2 aliphatic rings. The topological polar surface area (TPSA) is 146 Å². The number of aromatic nitrogens is 1. The molecule has 0 spiro atoms. The number of amides is 4. The van der Waals surface area contributed by atoms with Gasteiger partial charge in [-0.15, -0.1) is 0 Å². The number of nitrogens with zero attached hydrogens (tertiary/aromatic N) is 1. The second-order valence-electron chi connectivity index (χ2n) is 10.7. The van der Waals surface area contributed by atoms with Crippen LogP contribution in [-0.4, -0.2) is 59.1 Å². The van der Waals surface area contributed by atoms with Crippen molar-refractivity contribution in [1.29, 1.82) is 0 Å². The second-order valence-corrected chi connectivity index (χ2v) is 10.7. The minimum Gasteiger partial charge on any atom is -0.356 e. The van der Waals surface area contributed by atoms with Crippen molar-refractivity contribution >= 4 is 35.5 Å². The molecule has 0 aromatic carbocycles. The molecule has 1 aromatic heterocycles. The van der Waals surface area contributed by atoms with E-state index in [2.05, 4.69) is 26.3 Å². The lowest BCUT2D eigenvalue weighted by Crippen LogP contribution is -2.55. The van der Waals surface area contributed by atoms with Crippen LogP contribution in [0.25, 0.3) is 6.08 Å². The third kappa shape index (κ3) is 9.07. The fourth-order valence-electron chi connectivity index (χ4n) is 3.99. The highest BCUT2D eigenvalue weighted by Crippen LogP contribution is 2.23. The summed E-state index contributed by atoms with van der Waals surface area (Å²) in [5.41, 5.74) is -0.0123. The fourth-order valence-corrected chi connectivity index (χ4v) is 3.99. The number of halogens is 1. The quantitative estimate of drug-likeness (QED) is 0.256. The van der Waals surface area contributed by atoms with Crippen LogP contribution >= 0.6 is 0 Å². The smallest absolute Gasteiger partial charge is 0.289 e. The Hall–Kier alpha value is -3.63. The maximum absolute atomic E-state index is 13.3. The van der Waals surface area contributed by atoms with Crippen LogP contribution in [0, 0.1) is 17.2 Å². The van der Waals surface area contributed by atoms with Gasteiger partial charge in [-0.3, -0.25) is 29.0 Å². The molecule has 1 aliphatic carbocycles. The van der Waals surface area contributed by atoms with Gasteiger partial charge in [0.05, 0.1) is 17.9 Å². The van der Waals surface area contributed by atoms with Crippen LogP contribution in [0.3, 0.4) is 0 Å². The van der Waals surface area contributed by atoms with Gasteiger partial charge in [0.15, 0.2) is 0 Å². The van der Waals surface area contributed by atoms with E-state index in [0.717, 1.165) is 19.0 Å². The molecule has 0 bridgehead atoms. The standard InChI is InChI=1S/C26H34FN5O5/c1-26(2,3)13-20(31-21(33)9-8-17-5-4-16(27)14-29-17)24(36)32-19(12-15-10-11-28-23(15)35)22(34)25(37)30-18-6-7-18/h4-5,8-9,14-15,18-20H,6-7,10-13H2,1-3H3,(H,28,35)(H,30,37)(H,31,33)(H,32,36)/b9-8+/t15-,19?,20?/m0/s1. The van der Waals surface area contributed by atoms with E-state index in [9.17, 15) is 28.4 Å². The summed E-state index contributed by atoms with van der Waals surface area (Å²) < 4.78 is 13.0. The number of ketones is 1. The van der Waals surface area contributed by atoms with Gasteiger partial charge in [0.25, 0.3) is 5.91 Å². The first kappa shape index (κ1) is 27.9. The van der Waals surface area contributed by atoms with Crippen molar-refractivity contribution in [2.24, 2.45) is 11.3 Å². The molecule has 2 fully saturated rings. The molecule has 3 rings (SSSR count). The van der Waals surface area contributed by atoms with Gasteiger partial charge in [0.2, 0.25) is 23.5 Å². The molecule has 10 nitrogen and oxygen atoms in total. The molecule has 1 aromatic rings. The average molecular weight is 516 g/mol. The van der Waals surface area contributed by atoms with Crippen LogP contribution in [0.4, 0.5) is 4.39 Å². The number of carbonyl (C=O) groups excluding carboxylic acids is 5. The Balaban J connectivity index is 1.72. The van der Waals surface area contributed by atoms with Gasteiger partial charge in [0, 0.05) is 24.6 Å². The van der Waals surface area contributed by atoms with Gasteiger partial charge < -0.3 is 21.3 Å². The predicted molar refractivity (Wildman–Crippen MR) is 133 cm³/mol. The minimum absolute atomic E-state index is 0.0131. The van der Waals surface area contributed by atoms with E-state index < -0.39 is 47.3 Å². The van der Waals surface area contributed by atoms with Crippen LogP contribution in [0.1, 0.15) is 58.6 Å². The normalized spacial score (nSPS) is 19.1. The number of pyridine rings is 1. The van der Waals surface area contributed by atoms with Gasteiger partial charge >= 0.3 is 0 Å². The van der Waals surface area contributed by atoms with E-state index >= 15 is 0 Å². The molecule has 2 heterocycles. The Labute approximate surface area is 215 Å². The monoisotopic (exact) mass is 515 g/mol. The third-order valence-electron chi connectivity index (χ3n) is 6.06. The molecule has 1 saturated heterocycles. The van der Waals surface area contributed by atoms with Crippen LogP contribution < -0.4 is 21.3 Å². The second kappa shape index (κ2) is 12.1. The van der Waals surface area contributed by atoms with E-state index in [1.165, 1.54) is 24.3 Å². The summed E-state index contributed by atoms with van der Waals surface area (Å²) in [4.78, 5) is 67.3. The largest absolute Gasteiger partial charge is 0.356 e. The summed E-state index contributed by atoms with van der Waals surface area (Å²) in [6, 6.07) is 0.344. The Morgan fingerprint density at radius 3 is 2.43 bits per heavy atom. The maximum Gasteiger partial charge on any atom is 0.289 e. The van der Waals surface area contributed by atoms with Gasteiger partial charge in [-0.05, 0) is 55.7 Å². The lowest BCUT2D eigenvalue weighted by molar-refractivity contribution is -0.141. The van der Waals surface area contributed by atoms with Crippen molar-refractivity contribution in [3.05, 3.63) is 35.9 Å². The Morgan fingerprint density at radius 1 is 1.14 bits per heavy atom. The summed E-state index contributed by atoms with van der Waals surface area (Å²) in [5, 5.41) is 10.6. The van der Waals surface area contributed by atoms with E-state index in [0.29, 0.717) is 18.7 Å². The number of hydrogen-bond donors (Lipinski definition) is 4. The summed E-state index contributed by atoms with van der Waals surface area (Å²) in [6.45, 7) is 6.15. The number of carbonyl (C=O) groups is 5. The molecule has 1 saturated carbocycles. The highest BCUT2D eigenvalue weighted by atomic mass is 19.1. The summed E-state index contributed by atoms with van der Waals surface area (Å²) >= 11 is 0. The number of nitrogens with one attached hydrogen (secondary N) is 4. The first-order valence-corrected chi connectivity index (χ1v) is 12.4. The lowest BCUT2D eigenvalue weighted by Gasteiger charge is -2.28. The molecular formula is C26H34FN5O5. The summed E-state index contributed by atoms with van der Waals surface area (Å²) in [5.74, 6) is -4.07. The number of hydrogen-bond acceptors (Lipinski definition) is 6. The molecule has 4 amide bonds. The zero-order valence-corrected chi connectivity index (χ0v) is 21.3. The van der Waals surface area contributed by atoms with Crippen molar-refractivity contribution in [3.8, 4) is 0 Å². The minimum atomic E-state index is -1.21. The van der Waals surface area contributed by atoms with Gasteiger partial charge in [-0.1, -0.05) is 20.8 Å². The molecule has 11 heteroatoms. The molecule has 37 heavy (non-hydrogen) atoms. The van der Waals surface area contributed by atoms with Crippen molar-refractivity contribution in [2.75, 3.05) is 6.54 Å². The lowest BCUT2D eigenvalue weighted by atomic mass is 9.87. The van der Waals surface area contributed by atoms with E-state index in [4.69, 9.17) is 0 Å². The summed E-state index contributed by atoms with van der Waals surface area (Å²) in [7, 11) is 0.